The van der Waals surface area contributed by atoms with Crippen LogP contribution < -0.4 is 10.9 Å². The van der Waals surface area contributed by atoms with Crippen molar-refractivity contribution >= 4 is 52.1 Å². The maximum absolute atomic E-state index is 11.7. The number of thiophene rings is 1. The van der Waals surface area contributed by atoms with E-state index in [1.165, 1.54) is 17.4 Å². The number of carbonyl (C=O) groups excluding carboxylic acids is 2. The van der Waals surface area contributed by atoms with Crippen LogP contribution in [0, 0.1) is 0 Å². The number of rotatable bonds is 5. The van der Waals surface area contributed by atoms with Crippen LogP contribution in [0.15, 0.2) is 57.5 Å². The SMILES string of the molecule is O=C(/C=C/c1cccs1)NNC(=O)CSc1nc2ccccc2o1. The first kappa shape index (κ1) is 16.3. The first-order chi connectivity index (χ1) is 11.7. The van der Waals surface area contributed by atoms with Crippen molar-refractivity contribution in [3.8, 4) is 0 Å². The number of benzene rings is 1. The number of hydrazine groups is 1. The minimum Gasteiger partial charge on any atom is -0.431 e. The zero-order valence-corrected chi connectivity index (χ0v) is 14.0. The molecule has 2 N–H and O–H groups in total. The van der Waals surface area contributed by atoms with Crippen molar-refractivity contribution in [3.63, 3.8) is 0 Å². The van der Waals surface area contributed by atoms with E-state index in [0.29, 0.717) is 10.8 Å². The maximum Gasteiger partial charge on any atom is 0.262 e. The summed E-state index contributed by atoms with van der Waals surface area (Å²) in [7, 11) is 0. The Hall–Kier alpha value is -2.58. The van der Waals surface area contributed by atoms with Crippen molar-refractivity contribution in [1.29, 1.82) is 0 Å². The maximum atomic E-state index is 11.7. The molecule has 0 aliphatic heterocycles. The van der Waals surface area contributed by atoms with Crippen molar-refractivity contribution in [2.45, 2.75) is 5.22 Å². The second-order valence-electron chi connectivity index (χ2n) is 4.62. The number of carbonyl (C=O) groups is 2. The van der Waals surface area contributed by atoms with E-state index in [2.05, 4.69) is 15.8 Å². The lowest BCUT2D eigenvalue weighted by molar-refractivity contribution is -0.125. The number of oxazole rings is 1. The molecule has 0 saturated carbocycles. The molecule has 0 atom stereocenters. The molecular weight excluding hydrogens is 346 g/mol. The monoisotopic (exact) mass is 359 g/mol. The van der Waals surface area contributed by atoms with Crippen LogP contribution in [0.5, 0.6) is 0 Å². The van der Waals surface area contributed by atoms with Crippen LogP contribution in [0.4, 0.5) is 0 Å². The molecule has 8 heteroatoms. The van der Waals surface area contributed by atoms with Crippen molar-refractivity contribution in [2.75, 3.05) is 5.75 Å². The van der Waals surface area contributed by atoms with Gasteiger partial charge < -0.3 is 4.42 Å². The lowest BCUT2D eigenvalue weighted by Gasteiger charge is -2.03. The Morgan fingerprint density at radius 1 is 1.21 bits per heavy atom. The van der Waals surface area contributed by atoms with Gasteiger partial charge in [0.25, 0.3) is 11.1 Å². The summed E-state index contributed by atoms with van der Waals surface area (Å²) in [6.45, 7) is 0. The van der Waals surface area contributed by atoms with Gasteiger partial charge >= 0.3 is 0 Å². The predicted molar refractivity (Wildman–Crippen MR) is 94.4 cm³/mol. The Kier molecular flexibility index (Phi) is 5.29. The summed E-state index contributed by atoms with van der Waals surface area (Å²) >= 11 is 2.68. The molecule has 2 heterocycles. The fraction of sp³-hybridized carbons (Fsp3) is 0.0625. The van der Waals surface area contributed by atoms with Gasteiger partial charge in [-0.2, -0.15) is 0 Å². The van der Waals surface area contributed by atoms with Crippen molar-refractivity contribution in [3.05, 3.63) is 52.7 Å². The number of thioether (sulfide) groups is 1. The molecule has 2 amide bonds. The molecule has 0 fully saturated rings. The highest BCUT2D eigenvalue weighted by Crippen LogP contribution is 2.22. The van der Waals surface area contributed by atoms with E-state index in [1.54, 1.807) is 6.08 Å². The quantitative estimate of drug-likeness (QED) is 0.416. The van der Waals surface area contributed by atoms with Gasteiger partial charge in [-0.3, -0.25) is 20.4 Å². The topological polar surface area (TPSA) is 84.2 Å². The third-order valence-corrected chi connectivity index (χ3v) is 4.53. The Morgan fingerprint density at radius 2 is 2.08 bits per heavy atom. The third-order valence-electron chi connectivity index (χ3n) is 2.87. The molecule has 2 aromatic heterocycles. The summed E-state index contributed by atoms with van der Waals surface area (Å²) in [6.07, 6.45) is 3.04. The number of para-hydroxylation sites is 2. The second-order valence-corrected chi connectivity index (χ2v) is 6.53. The smallest absolute Gasteiger partial charge is 0.262 e. The van der Waals surface area contributed by atoms with Gasteiger partial charge in [0.15, 0.2) is 5.58 Å². The molecule has 1 aromatic carbocycles. The Labute approximate surface area is 145 Å². The lowest BCUT2D eigenvalue weighted by atomic mass is 10.3. The van der Waals surface area contributed by atoms with Crippen molar-refractivity contribution in [1.82, 2.24) is 15.8 Å². The average molecular weight is 359 g/mol. The van der Waals surface area contributed by atoms with E-state index in [9.17, 15) is 9.59 Å². The molecule has 6 nitrogen and oxygen atoms in total. The van der Waals surface area contributed by atoms with Gasteiger partial charge in [0.1, 0.15) is 5.52 Å². The van der Waals surface area contributed by atoms with Gasteiger partial charge in [-0.15, -0.1) is 11.3 Å². The highest BCUT2D eigenvalue weighted by atomic mass is 32.2. The fourth-order valence-electron chi connectivity index (χ4n) is 1.79. The first-order valence-corrected chi connectivity index (χ1v) is 8.86. The van der Waals surface area contributed by atoms with Crippen molar-refractivity contribution < 1.29 is 14.0 Å². The van der Waals surface area contributed by atoms with Crippen LogP contribution in [0.25, 0.3) is 17.2 Å². The number of aromatic nitrogens is 1. The Bertz CT molecular complexity index is 839. The molecule has 122 valence electrons. The zero-order chi connectivity index (χ0) is 16.8. The minimum absolute atomic E-state index is 0.0851. The molecule has 0 saturated heterocycles. The lowest BCUT2D eigenvalue weighted by Crippen LogP contribution is -2.41. The van der Waals surface area contributed by atoms with Crippen LogP contribution in [-0.2, 0) is 9.59 Å². The molecular formula is C16H13N3O3S2. The molecule has 0 bridgehead atoms. The van der Waals surface area contributed by atoms with Crippen LogP contribution in [-0.4, -0.2) is 22.6 Å². The molecule has 3 aromatic rings. The summed E-state index contributed by atoms with van der Waals surface area (Å²) in [5.74, 6) is -0.661. The predicted octanol–water partition coefficient (Wildman–Crippen LogP) is 2.84. The van der Waals surface area contributed by atoms with E-state index in [1.807, 2.05) is 41.8 Å². The van der Waals surface area contributed by atoms with E-state index in [0.717, 1.165) is 22.2 Å². The number of amides is 2. The van der Waals surface area contributed by atoms with E-state index >= 15 is 0 Å². The van der Waals surface area contributed by atoms with Crippen LogP contribution in [0.1, 0.15) is 4.88 Å². The number of hydrogen-bond acceptors (Lipinski definition) is 6. The highest BCUT2D eigenvalue weighted by molar-refractivity contribution is 7.99. The minimum atomic E-state index is -0.399. The molecule has 0 spiro atoms. The van der Waals surface area contributed by atoms with Crippen molar-refractivity contribution in [2.24, 2.45) is 0 Å². The van der Waals surface area contributed by atoms with Gasteiger partial charge in [0, 0.05) is 11.0 Å². The number of nitrogens with one attached hydrogen (secondary N) is 2. The van der Waals surface area contributed by atoms with Gasteiger partial charge in [0.2, 0.25) is 5.91 Å². The Balaban J connectivity index is 1.43. The molecule has 3 rings (SSSR count). The number of fused-ring (bicyclic) bond motifs is 1. The molecule has 0 unspecified atom stereocenters. The fourth-order valence-corrected chi connectivity index (χ4v) is 3.05. The van der Waals surface area contributed by atoms with Gasteiger partial charge in [0.05, 0.1) is 5.75 Å². The first-order valence-electron chi connectivity index (χ1n) is 6.99. The van der Waals surface area contributed by atoms with Gasteiger partial charge in [-0.05, 0) is 29.7 Å². The number of hydrogen-bond donors (Lipinski definition) is 2. The molecule has 0 aliphatic carbocycles. The molecule has 0 radical (unpaired) electrons. The second kappa shape index (κ2) is 7.80. The normalized spacial score (nSPS) is 11.0. The Morgan fingerprint density at radius 3 is 2.88 bits per heavy atom. The van der Waals surface area contributed by atoms with E-state index < -0.39 is 5.91 Å². The highest BCUT2D eigenvalue weighted by Gasteiger charge is 2.09. The van der Waals surface area contributed by atoms with Gasteiger partial charge in [-0.25, -0.2) is 4.98 Å². The third kappa shape index (κ3) is 4.46. The van der Waals surface area contributed by atoms with Crippen LogP contribution in [0.2, 0.25) is 0 Å². The zero-order valence-electron chi connectivity index (χ0n) is 12.4. The van der Waals surface area contributed by atoms with E-state index in [4.69, 9.17) is 4.42 Å². The molecule has 0 aliphatic rings. The standard InChI is InChI=1S/C16H13N3O3S2/c20-14(8-7-11-4-3-9-23-11)18-19-15(21)10-24-16-17-12-5-1-2-6-13(12)22-16/h1-9H,10H2,(H,18,20)(H,19,21)/b8-7+. The summed E-state index contributed by atoms with van der Waals surface area (Å²) in [4.78, 5) is 28.5. The van der Waals surface area contributed by atoms with Gasteiger partial charge in [-0.1, -0.05) is 30.0 Å². The number of nitrogens with zero attached hydrogens (tertiary/aromatic N) is 1. The largest absolute Gasteiger partial charge is 0.431 e. The average Bonchev–Trinajstić information content (AvgIpc) is 3.25. The van der Waals surface area contributed by atoms with Crippen LogP contribution >= 0.6 is 23.1 Å². The summed E-state index contributed by atoms with van der Waals surface area (Å²) in [6, 6.07) is 11.2. The summed E-state index contributed by atoms with van der Waals surface area (Å²) in [5.41, 5.74) is 6.08. The summed E-state index contributed by atoms with van der Waals surface area (Å²) < 4.78 is 5.50. The van der Waals surface area contributed by atoms with Crippen LogP contribution in [0.3, 0.4) is 0 Å². The summed E-state index contributed by atoms with van der Waals surface area (Å²) in [5, 5.41) is 2.33. The molecule has 24 heavy (non-hydrogen) atoms. The van der Waals surface area contributed by atoms with E-state index in [-0.39, 0.29) is 11.7 Å².